The predicted molar refractivity (Wildman–Crippen MR) is 129 cm³/mol. The number of aromatic nitrogens is 4. The van der Waals surface area contributed by atoms with Crippen LogP contribution in [0, 0.1) is 0 Å². The molecule has 0 spiro atoms. The number of benzene rings is 2. The van der Waals surface area contributed by atoms with Gasteiger partial charge in [-0.15, -0.1) is 0 Å². The molecule has 0 saturated carbocycles. The highest BCUT2D eigenvalue weighted by Gasteiger charge is 2.29. The highest BCUT2D eigenvalue weighted by atomic mass is 35.5. The number of anilines is 1. The zero-order valence-electron chi connectivity index (χ0n) is 17.7. The van der Waals surface area contributed by atoms with Crippen LogP contribution in [0.3, 0.4) is 0 Å². The van der Waals surface area contributed by atoms with E-state index < -0.39 is 0 Å². The van der Waals surface area contributed by atoms with Crippen LogP contribution in [-0.4, -0.2) is 44.2 Å². The fraction of sp³-hybridized carbons (Fsp3) is 0.217. The Kier molecular flexibility index (Phi) is 5.19. The molecule has 172 valence electrons. The molecule has 2 aliphatic heterocycles. The van der Waals surface area contributed by atoms with Gasteiger partial charge >= 0.3 is 0 Å². The number of nitrogens with one attached hydrogen (secondary N) is 1. The molecule has 34 heavy (non-hydrogen) atoms. The number of ether oxygens (including phenoxy) is 2. The molecule has 0 bridgehead atoms. The van der Waals surface area contributed by atoms with E-state index in [0.29, 0.717) is 57.4 Å². The van der Waals surface area contributed by atoms with Crippen molar-refractivity contribution in [3.05, 3.63) is 64.0 Å². The Hall–Kier alpha value is -3.50. The smallest absolute Gasteiger partial charge is 0.265 e. The van der Waals surface area contributed by atoms with Gasteiger partial charge in [0.1, 0.15) is 18.6 Å². The molecule has 9 nitrogen and oxygen atoms in total. The van der Waals surface area contributed by atoms with E-state index in [0.717, 1.165) is 5.69 Å². The quantitative estimate of drug-likeness (QED) is 0.431. The first-order valence-corrected chi connectivity index (χ1v) is 12.0. The maximum absolute atomic E-state index is 13.3. The lowest BCUT2D eigenvalue weighted by atomic mass is 10.2. The third-order valence-electron chi connectivity index (χ3n) is 5.69. The number of carbonyl (C=O) groups is 1. The summed E-state index contributed by atoms with van der Waals surface area (Å²) < 4.78 is 14.3. The van der Waals surface area contributed by atoms with Crippen molar-refractivity contribution in [1.82, 2.24) is 19.3 Å². The second-order valence-electron chi connectivity index (χ2n) is 7.92. The van der Waals surface area contributed by atoms with Gasteiger partial charge in [0.25, 0.3) is 5.56 Å². The summed E-state index contributed by atoms with van der Waals surface area (Å²) in [5.74, 6) is 1.65. The van der Waals surface area contributed by atoms with Gasteiger partial charge < -0.3 is 14.8 Å². The standard InChI is InChI=1S/C23H18ClN5O4S/c24-13-1-4-15(5-2-13)29-21-17(11-25-29)22(31)28-16(12-34-23(28)27-21)10-20(30)26-14-3-6-18-19(9-14)33-8-7-32-18/h1-6,9,11,16H,7-8,10,12H2,(H,26,30). The number of amides is 1. The molecule has 0 aliphatic carbocycles. The number of thioether (sulfide) groups is 1. The Morgan fingerprint density at radius 3 is 2.76 bits per heavy atom. The van der Waals surface area contributed by atoms with Gasteiger partial charge in [-0.3, -0.25) is 14.2 Å². The number of hydrogen-bond acceptors (Lipinski definition) is 7. The first kappa shape index (κ1) is 21.1. The molecule has 0 fully saturated rings. The second-order valence-corrected chi connectivity index (χ2v) is 9.34. The molecule has 2 aliphatic rings. The van der Waals surface area contributed by atoms with Crippen LogP contribution in [0.2, 0.25) is 5.02 Å². The zero-order chi connectivity index (χ0) is 23.2. The molecule has 11 heteroatoms. The van der Waals surface area contributed by atoms with Crippen molar-refractivity contribution in [1.29, 1.82) is 0 Å². The van der Waals surface area contributed by atoms with E-state index in [9.17, 15) is 9.59 Å². The van der Waals surface area contributed by atoms with E-state index in [1.165, 1.54) is 18.0 Å². The second kappa shape index (κ2) is 8.37. The minimum atomic E-state index is -0.305. The summed E-state index contributed by atoms with van der Waals surface area (Å²) in [6.07, 6.45) is 1.66. The first-order chi connectivity index (χ1) is 16.6. The maximum atomic E-state index is 13.3. The van der Waals surface area contributed by atoms with Crippen molar-refractivity contribution in [2.24, 2.45) is 0 Å². The average Bonchev–Trinajstić information content (AvgIpc) is 3.44. The molecule has 6 rings (SSSR count). The van der Waals surface area contributed by atoms with Crippen molar-refractivity contribution >= 4 is 46.0 Å². The van der Waals surface area contributed by atoms with E-state index in [4.69, 9.17) is 26.1 Å². The van der Waals surface area contributed by atoms with Gasteiger partial charge in [0.15, 0.2) is 22.3 Å². The molecule has 1 amide bonds. The van der Waals surface area contributed by atoms with E-state index in [1.54, 1.807) is 39.6 Å². The van der Waals surface area contributed by atoms with Crippen LogP contribution >= 0.6 is 23.4 Å². The van der Waals surface area contributed by atoms with Gasteiger partial charge in [0, 0.05) is 29.0 Å². The van der Waals surface area contributed by atoms with Crippen LogP contribution in [0.15, 0.2) is 58.6 Å². The number of carbonyl (C=O) groups excluding carboxylic acids is 1. The lowest BCUT2D eigenvalue weighted by molar-refractivity contribution is -0.116. The molecule has 4 heterocycles. The van der Waals surface area contributed by atoms with E-state index in [2.05, 4.69) is 10.4 Å². The molecule has 1 atom stereocenters. The number of hydrogen-bond donors (Lipinski definition) is 1. The molecule has 0 radical (unpaired) electrons. The number of rotatable bonds is 4. The largest absolute Gasteiger partial charge is 0.486 e. The summed E-state index contributed by atoms with van der Waals surface area (Å²) >= 11 is 7.44. The number of halogens is 1. The monoisotopic (exact) mass is 495 g/mol. The van der Waals surface area contributed by atoms with Crippen LogP contribution in [0.4, 0.5) is 5.69 Å². The first-order valence-electron chi connectivity index (χ1n) is 10.7. The fourth-order valence-corrected chi connectivity index (χ4v) is 5.36. The van der Waals surface area contributed by atoms with Crippen LogP contribution in [0.25, 0.3) is 16.7 Å². The minimum Gasteiger partial charge on any atom is -0.486 e. The summed E-state index contributed by atoms with van der Waals surface area (Å²) in [5.41, 5.74) is 1.65. The number of nitrogens with zero attached hydrogens (tertiary/aromatic N) is 4. The van der Waals surface area contributed by atoms with Gasteiger partial charge in [-0.25, -0.2) is 9.67 Å². The average molecular weight is 496 g/mol. The normalized spacial score (nSPS) is 16.4. The van der Waals surface area contributed by atoms with E-state index in [-0.39, 0.29) is 23.9 Å². The molecule has 4 aromatic rings. The van der Waals surface area contributed by atoms with Crippen LogP contribution in [0.5, 0.6) is 11.5 Å². The van der Waals surface area contributed by atoms with Crippen LogP contribution in [-0.2, 0) is 4.79 Å². The van der Waals surface area contributed by atoms with E-state index >= 15 is 0 Å². The minimum absolute atomic E-state index is 0.146. The highest BCUT2D eigenvalue weighted by Crippen LogP contribution is 2.35. The molecular formula is C23H18ClN5O4S. The van der Waals surface area contributed by atoms with Gasteiger partial charge in [-0.05, 0) is 36.4 Å². The molecule has 1 N–H and O–H groups in total. The lowest BCUT2D eigenvalue weighted by Crippen LogP contribution is -2.27. The summed E-state index contributed by atoms with van der Waals surface area (Å²) in [4.78, 5) is 30.8. The third kappa shape index (κ3) is 3.68. The molecule has 2 aromatic carbocycles. The SMILES string of the molecule is O=C(CC1CSc2nc3c(cnn3-c3ccc(Cl)cc3)c(=O)n21)Nc1ccc2c(c1)OCCO2. The Morgan fingerprint density at radius 2 is 1.94 bits per heavy atom. The Morgan fingerprint density at radius 1 is 1.15 bits per heavy atom. The van der Waals surface area contributed by atoms with Crippen molar-refractivity contribution < 1.29 is 14.3 Å². The van der Waals surface area contributed by atoms with Crippen molar-refractivity contribution in [2.45, 2.75) is 17.6 Å². The van der Waals surface area contributed by atoms with E-state index in [1.807, 2.05) is 12.1 Å². The predicted octanol–water partition coefficient (Wildman–Crippen LogP) is 3.68. The lowest BCUT2D eigenvalue weighted by Gasteiger charge is -2.19. The number of fused-ring (bicyclic) bond motifs is 3. The zero-order valence-corrected chi connectivity index (χ0v) is 19.3. The van der Waals surface area contributed by atoms with Gasteiger partial charge in [0.05, 0.1) is 17.9 Å². The molecule has 2 aromatic heterocycles. The van der Waals surface area contributed by atoms with Crippen LogP contribution in [0.1, 0.15) is 12.5 Å². The van der Waals surface area contributed by atoms with Gasteiger partial charge in [-0.2, -0.15) is 5.10 Å². The highest BCUT2D eigenvalue weighted by molar-refractivity contribution is 7.99. The Labute approximate surface area is 202 Å². The molecular weight excluding hydrogens is 478 g/mol. The van der Waals surface area contributed by atoms with Crippen LogP contribution < -0.4 is 20.3 Å². The van der Waals surface area contributed by atoms with Gasteiger partial charge in [0.2, 0.25) is 5.91 Å². The molecule has 1 unspecified atom stereocenters. The van der Waals surface area contributed by atoms with Crippen molar-refractivity contribution in [3.63, 3.8) is 0 Å². The summed E-state index contributed by atoms with van der Waals surface area (Å²) in [6, 6.07) is 12.1. The van der Waals surface area contributed by atoms with Crippen molar-refractivity contribution in [2.75, 3.05) is 24.3 Å². The van der Waals surface area contributed by atoms with Crippen molar-refractivity contribution in [3.8, 4) is 17.2 Å². The topological polar surface area (TPSA) is 100 Å². The Bertz CT molecular complexity index is 1480. The Balaban J connectivity index is 1.25. The fourth-order valence-electron chi connectivity index (χ4n) is 4.10. The van der Waals surface area contributed by atoms with Gasteiger partial charge in [-0.1, -0.05) is 23.4 Å². The maximum Gasteiger partial charge on any atom is 0.265 e. The summed E-state index contributed by atoms with van der Waals surface area (Å²) in [5, 5.41) is 8.84. The third-order valence-corrected chi connectivity index (χ3v) is 7.04. The summed E-state index contributed by atoms with van der Waals surface area (Å²) in [7, 11) is 0. The molecule has 0 saturated heterocycles. The summed E-state index contributed by atoms with van der Waals surface area (Å²) in [6.45, 7) is 0.978.